The number of carbonyl (C=O) groups is 2. The highest BCUT2D eigenvalue weighted by molar-refractivity contribution is 5.69. The second-order valence-corrected chi connectivity index (χ2v) is 11.0. The van der Waals surface area contributed by atoms with Crippen LogP contribution < -0.4 is 0 Å². The van der Waals surface area contributed by atoms with E-state index in [1.54, 1.807) is 0 Å². The molecule has 0 atom stereocenters. The Kier molecular flexibility index (Phi) is 33.4. The van der Waals surface area contributed by atoms with Gasteiger partial charge in [0.1, 0.15) is 0 Å². The van der Waals surface area contributed by atoms with Crippen LogP contribution in [0.25, 0.3) is 0 Å². The van der Waals surface area contributed by atoms with Gasteiger partial charge in [-0.05, 0) is 89.9 Å². The van der Waals surface area contributed by atoms with Crippen molar-refractivity contribution in [3.63, 3.8) is 0 Å². The predicted octanol–water partition coefficient (Wildman–Crippen LogP) is 11.6. The molecule has 0 aliphatic rings. The number of ether oxygens (including phenoxy) is 2. The zero-order valence-electron chi connectivity index (χ0n) is 27.8. The predicted molar refractivity (Wildman–Crippen MR) is 185 cm³/mol. The molecule has 0 aliphatic carbocycles. The van der Waals surface area contributed by atoms with Crippen LogP contribution in [0.15, 0.2) is 72.9 Å². The molecule has 43 heavy (non-hydrogen) atoms. The number of hydrogen-bond acceptors (Lipinski definition) is 4. The first-order valence-corrected chi connectivity index (χ1v) is 17.4. The molecule has 0 aliphatic heterocycles. The summed E-state index contributed by atoms with van der Waals surface area (Å²) < 4.78 is 10.5. The molecule has 0 spiro atoms. The van der Waals surface area contributed by atoms with Gasteiger partial charge in [-0.1, -0.05) is 112 Å². The third-order valence-corrected chi connectivity index (χ3v) is 6.86. The third-order valence-electron chi connectivity index (χ3n) is 6.86. The summed E-state index contributed by atoms with van der Waals surface area (Å²) in [6.07, 6.45) is 47.8. The first-order chi connectivity index (χ1) is 21.2. The van der Waals surface area contributed by atoms with Crippen molar-refractivity contribution in [3.05, 3.63) is 72.9 Å². The summed E-state index contributed by atoms with van der Waals surface area (Å²) >= 11 is 0. The standard InChI is InChI=1S/C39H64O4/c1-3-5-7-9-11-13-15-17-19-21-23-25-27-29-31-34-38(40)42-36-33-37-43-39(41)35-32-30-28-26-24-22-20-18-16-14-12-10-8-6-4-2/h11-14,17-20,23-26H,3-10,15-16,21-22,27-37H2,1-2H3. The van der Waals surface area contributed by atoms with Crippen molar-refractivity contribution in [1.82, 2.24) is 0 Å². The second kappa shape index (κ2) is 35.6. The fourth-order valence-electron chi connectivity index (χ4n) is 4.22. The molecule has 0 fully saturated rings. The van der Waals surface area contributed by atoms with E-state index in [9.17, 15) is 9.59 Å². The Labute approximate surface area is 265 Å². The molecular formula is C39H64O4. The minimum atomic E-state index is -0.167. The highest BCUT2D eigenvalue weighted by Gasteiger charge is 2.04. The Hall–Kier alpha value is -2.62. The summed E-state index contributed by atoms with van der Waals surface area (Å²) in [7, 11) is 0. The van der Waals surface area contributed by atoms with Crippen molar-refractivity contribution in [2.24, 2.45) is 0 Å². The molecule has 244 valence electrons. The SMILES string of the molecule is CCCCCC=CCC=CCC=CCCCCC(=O)OCCCOC(=O)CCCCC=CCC=CCC=CCCCCC. The summed E-state index contributed by atoms with van der Waals surface area (Å²) in [5.41, 5.74) is 0. The van der Waals surface area contributed by atoms with Gasteiger partial charge in [-0.2, -0.15) is 0 Å². The van der Waals surface area contributed by atoms with Crippen LogP contribution >= 0.6 is 0 Å². The van der Waals surface area contributed by atoms with Gasteiger partial charge in [-0.25, -0.2) is 0 Å². The maximum atomic E-state index is 11.9. The molecule has 0 heterocycles. The van der Waals surface area contributed by atoms with Gasteiger partial charge in [0.2, 0.25) is 0 Å². The maximum Gasteiger partial charge on any atom is 0.305 e. The quantitative estimate of drug-likeness (QED) is 0.0470. The molecule has 0 aromatic heterocycles. The van der Waals surface area contributed by atoms with Crippen LogP contribution in [0.1, 0.15) is 149 Å². The Morgan fingerprint density at radius 3 is 1.02 bits per heavy atom. The molecule has 0 radical (unpaired) electrons. The van der Waals surface area contributed by atoms with Crippen LogP contribution in [0.2, 0.25) is 0 Å². The Morgan fingerprint density at radius 2 is 0.698 bits per heavy atom. The number of carbonyl (C=O) groups excluding carboxylic acids is 2. The van der Waals surface area contributed by atoms with E-state index in [0.29, 0.717) is 32.5 Å². The molecule has 4 heteroatoms. The highest BCUT2D eigenvalue weighted by atomic mass is 16.5. The molecule has 0 N–H and O–H groups in total. The van der Waals surface area contributed by atoms with Gasteiger partial charge < -0.3 is 9.47 Å². The lowest BCUT2D eigenvalue weighted by molar-refractivity contribution is -0.146. The summed E-state index contributed by atoms with van der Waals surface area (Å²) in [4.78, 5) is 23.7. The number of rotatable bonds is 30. The van der Waals surface area contributed by atoms with Crippen molar-refractivity contribution >= 4 is 11.9 Å². The molecule has 0 bridgehead atoms. The van der Waals surface area contributed by atoms with Gasteiger partial charge in [-0.3, -0.25) is 9.59 Å². The van der Waals surface area contributed by atoms with Crippen molar-refractivity contribution in [2.75, 3.05) is 13.2 Å². The third kappa shape index (κ3) is 35.5. The molecule has 0 rings (SSSR count). The van der Waals surface area contributed by atoms with Gasteiger partial charge in [0.15, 0.2) is 0 Å². The first-order valence-electron chi connectivity index (χ1n) is 17.4. The summed E-state index contributed by atoms with van der Waals surface area (Å²) in [6.45, 7) is 5.08. The van der Waals surface area contributed by atoms with Crippen LogP contribution in [-0.2, 0) is 19.1 Å². The molecule has 0 saturated carbocycles. The van der Waals surface area contributed by atoms with E-state index in [1.165, 1.54) is 51.4 Å². The lowest BCUT2D eigenvalue weighted by Gasteiger charge is -2.06. The Bertz CT molecular complexity index is 734. The van der Waals surface area contributed by atoms with Gasteiger partial charge in [0, 0.05) is 19.3 Å². The van der Waals surface area contributed by atoms with Crippen molar-refractivity contribution in [3.8, 4) is 0 Å². The highest BCUT2D eigenvalue weighted by Crippen LogP contribution is 2.06. The van der Waals surface area contributed by atoms with E-state index in [0.717, 1.165) is 64.2 Å². The van der Waals surface area contributed by atoms with E-state index in [1.807, 2.05) is 0 Å². The Balaban J connectivity index is 3.49. The summed E-state index contributed by atoms with van der Waals surface area (Å²) in [6, 6.07) is 0. The van der Waals surface area contributed by atoms with Crippen molar-refractivity contribution in [1.29, 1.82) is 0 Å². The van der Waals surface area contributed by atoms with Crippen LogP contribution in [0.4, 0.5) is 0 Å². The largest absolute Gasteiger partial charge is 0.466 e. The van der Waals surface area contributed by atoms with Crippen molar-refractivity contribution < 1.29 is 19.1 Å². The molecule has 0 unspecified atom stereocenters. The van der Waals surface area contributed by atoms with Gasteiger partial charge in [0.25, 0.3) is 0 Å². The summed E-state index contributed by atoms with van der Waals surface area (Å²) in [5, 5.41) is 0. The fourth-order valence-corrected chi connectivity index (χ4v) is 4.22. The second-order valence-electron chi connectivity index (χ2n) is 11.0. The minimum Gasteiger partial charge on any atom is -0.466 e. The van der Waals surface area contributed by atoms with E-state index < -0.39 is 0 Å². The zero-order chi connectivity index (χ0) is 31.3. The minimum absolute atomic E-state index is 0.167. The number of hydrogen-bond donors (Lipinski definition) is 0. The molecule has 0 aromatic rings. The molecular weight excluding hydrogens is 532 g/mol. The summed E-state index contributed by atoms with van der Waals surface area (Å²) in [5.74, 6) is -0.335. The lowest BCUT2D eigenvalue weighted by Crippen LogP contribution is -2.10. The molecule has 4 nitrogen and oxygen atoms in total. The Morgan fingerprint density at radius 1 is 0.395 bits per heavy atom. The van der Waals surface area contributed by atoms with E-state index in [4.69, 9.17) is 9.47 Å². The first kappa shape index (κ1) is 40.4. The van der Waals surface area contributed by atoms with Gasteiger partial charge in [-0.15, -0.1) is 0 Å². The van der Waals surface area contributed by atoms with E-state index >= 15 is 0 Å². The lowest BCUT2D eigenvalue weighted by atomic mass is 10.1. The smallest absolute Gasteiger partial charge is 0.305 e. The maximum absolute atomic E-state index is 11.9. The number of unbranched alkanes of at least 4 members (excludes halogenated alkanes) is 10. The van der Waals surface area contributed by atoms with Crippen LogP contribution in [-0.4, -0.2) is 25.2 Å². The monoisotopic (exact) mass is 596 g/mol. The topological polar surface area (TPSA) is 52.6 Å². The van der Waals surface area contributed by atoms with E-state index in [-0.39, 0.29) is 11.9 Å². The van der Waals surface area contributed by atoms with E-state index in [2.05, 4.69) is 86.8 Å². The van der Waals surface area contributed by atoms with Gasteiger partial charge >= 0.3 is 11.9 Å². The zero-order valence-corrected chi connectivity index (χ0v) is 27.8. The van der Waals surface area contributed by atoms with Crippen LogP contribution in [0, 0.1) is 0 Å². The van der Waals surface area contributed by atoms with Crippen molar-refractivity contribution in [2.45, 2.75) is 149 Å². The molecule has 0 saturated heterocycles. The molecule has 0 aromatic carbocycles. The molecule has 0 amide bonds. The average molecular weight is 597 g/mol. The fraction of sp³-hybridized carbons (Fsp3) is 0.641. The number of esters is 2. The average Bonchev–Trinajstić information content (AvgIpc) is 3.00. The van der Waals surface area contributed by atoms with Gasteiger partial charge in [0.05, 0.1) is 13.2 Å². The van der Waals surface area contributed by atoms with Crippen LogP contribution in [0.3, 0.4) is 0 Å². The van der Waals surface area contributed by atoms with Crippen LogP contribution in [0.5, 0.6) is 0 Å². The normalized spacial score (nSPS) is 12.3. The number of allylic oxidation sites excluding steroid dienone is 12.